The lowest BCUT2D eigenvalue weighted by Gasteiger charge is -2.29. The second-order valence-electron chi connectivity index (χ2n) is 7.91. The van der Waals surface area contributed by atoms with Crippen molar-refractivity contribution in [3.8, 4) is 0 Å². The van der Waals surface area contributed by atoms with Crippen LogP contribution in [-0.2, 0) is 34.1 Å². The maximum absolute atomic E-state index is 13.3. The average Bonchev–Trinajstić information content (AvgIpc) is 2.76. The number of amides is 2. The second kappa shape index (κ2) is 12.9. The van der Waals surface area contributed by atoms with E-state index >= 15 is 0 Å². The first-order valence-electron chi connectivity index (χ1n) is 11.2. The monoisotopic (exact) mass is 469 g/mol. The molecule has 33 heavy (non-hydrogen) atoms. The number of esters is 2. The number of hydrogen-bond acceptors (Lipinski definition) is 7. The maximum atomic E-state index is 13.3. The molecule has 0 aromatic heterocycles. The highest BCUT2D eigenvalue weighted by Crippen LogP contribution is 2.24. The summed E-state index contributed by atoms with van der Waals surface area (Å²) < 4.78 is 31.4. The van der Waals surface area contributed by atoms with Crippen LogP contribution in [0.1, 0.15) is 53.0 Å². The van der Waals surface area contributed by atoms with Crippen LogP contribution < -0.4 is 10.6 Å². The number of carbonyl (C=O) groups excluding carboxylic acids is 4. The second-order valence-corrected chi connectivity index (χ2v) is 7.91. The van der Waals surface area contributed by atoms with Crippen molar-refractivity contribution in [1.82, 2.24) is 10.6 Å². The van der Waals surface area contributed by atoms with E-state index in [9.17, 15) is 28.7 Å². The number of nitrogens with one attached hydrogen (secondary N) is 2. The van der Waals surface area contributed by atoms with Gasteiger partial charge in [0.05, 0.1) is 24.7 Å². The van der Waals surface area contributed by atoms with E-state index in [0.29, 0.717) is 10.9 Å². The van der Waals surface area contributed by atoms with Crippen LogP contribution in [0.3, 0.4) is 0 Å². The predicted molar refractivity (Wildman–Crippen MR) is 117 cm³/mol. The number of hydrogen-bond donors (Lipinski definition) is 3. The number of benzene rings is 1. The molecular weight excluding hydrogens is 435 g/mol. The molecular formula is C23H33FN2O7. The van der Waals surface area contributed by atoms with Gasteiger partial charge in [0.2, 0.25) is 11.8 Å². The van der Waals surface area contributed by atoms with Gasteiger partial charge in [0, 0.05) is 6.42 Å². The van der Waals surface area contributed by atoms with Gasteiger partial charge in [-0.2, -0.15) is 0 Å². The largest absolute Gasteiger partial charge is 0.466 e. The van der Waals surface area contributed by atoms with Crippen LogP contribution in [0.25, 0.3) is 0 Å². The van der Waals surface area contributed by atoms with Crippen LogP contribution in [0.2, 0.25) is 1.41 Å². The van der Waals surface area contributed by atoms with Crippen molar-refractivity contribution in [2.24, 2.45) is 0 Å². The third-order valence-corrected chi connectivity index (χ3v) is 4.91. The van der Waals surface area contributed by atoms with E-state index < -0.39 is 53.2 Å². The number of aliphatic hydroxyl groups excluding tert-OH is 1. The molecule has 3 atom stereocenters. The Kier molecular flexibility index (Phi) is 10.2. The molecule has 0 unspecified atom stereocenters. The Morgan fingerprint density at radius 1 is 1.12 bits per heavy atom. The lowest BCUT2D eigenvalue weighted by molar-refractivity contribution is -0.149. The third kappa shape index (κ3) is 8.45. The first-order valence-corrected chi connectivity index (χ1v) is 10.8. The van der Waals surface area contributed by atoms with Gasteiger partial charge in [0.25, 0.3) is 0 Å². The summed E-state index contributed by atoms with van der Waals surface area (Å²) in [4.78, 5) is 50.1. The fourth-order valence-corrected chi connectivity index (χ4v) is 2.91. The molecule has 0 bridgehead atoms. The molecule has 10 heteroatoms. The summed E-state index contributed by atoms with van der Waals surface area (Å²) in [6.45, 7) is 7.61. The topological polar surface area (TPSA) is 131 Å². The zero-order valence-corrected chi connectivity index (χ0v) is 19.6. The van der Waals surface area contributed by atoms with Crippen LogP contribution in [0.4, 0.5) is 4.39 Å². The zero-order chi connectivity index (χ0) is 26.1. The molecule has 1 aromatic rings. The van der Waals surface area contributed by atoms with Crippen LogP contribution in [0.15, 0.2) is 24.3 Å². The minimum atomic E-state index is -1.67. The third-order valence-electron chi connectivity index (χ3n) is 4.91. The van der Waals surface area contributed by atoms with Gasteiger partial charge >= 0.3 is 11.9 Å². The molecule has 1 aromatic carbocycles. The van der Waals surface area contributed by atoms with Crippen molar-refractivity contribution in [1.29, 1.82) is 0 Å². The number of ether oxygens (including phenoxy) is 2. The summed E-state index contributed by atoms with van der Waals surface area (Å²) in [5, 5.41) is 12.9. The fourth-order valence-electron chi connectivity index (χ4n) is 2.91. The Labute approximate surface area is 194 Å². The fraction of sp³-hybridized carbons (Fsp3) is 0.565. The SMILES string of the molecule is [2H]N(C(=O)C(C)(C)c1ccc(F)cc1)[C@H](C(=O)N[C@@H](CCC(=O)OCC)C(=O)OCC)[C@@H](C)O. The quantitative estimate of drug-likeness (QED) is 0.394. The van der Waals surface area contributed by atoms with E-state index in [0.717, 1.165) is 0 Å². The summed E-state index contributed by atoms with van der Waals surface area (Å²) >= 11 is 0. The summed E-state index contributed by atoms with van der Waals surface area (Å²) in [5.41, 5.74) is -0.924. The molecule has 3 N–H and O–H groups in total. The van der Waals surface area contributed by atoms with E-state index in [1.807, 2.05) is 0 Å². The minimum absolute atomic E-state index is 0.0271. The molecule has 0 fully saturated rings. The molecule has 0 aliphatic heterocycles. The normalized spacial score (nSPS) is 14.3. The average molecular weight is 470 g/mol. The molecule has 184 valence electrons. The van der Waals surface area contributed by atoms with E-state index in [4.69, 9.17) is 10.9 Å². The standard InChI is InChI=1S/C23H33FN2O7/c1-6-32-18(28)13-12-17(21(30)33-7-2)25-20(29)19(14(3)27)26-22(31)23(4,5)15-8-10-16(24)11-9-15/h8-11,14,17,19,27H,6-7,12-13H2,1-5H3,(H,25,29)(H,26,31)/t14-,17+,19+/m1/s1/i/hD. The number of aliphatic hydroxyl groups is 1. The van der Waals surface area contributed by atoms with Crippen LogP contribution in [0, 0.1) is 5.82 Å². The summed E-state index contributed by atoms with van der Waals surface area (Å²) in [5.74, 6) is -3.69. The van der Waals surface area contributed by atoms with Crippen molar-refractivity contribution < 1.29 is 39.6 Å². The lowest BCUT2D eigenvalue weighted by atomic mass is 9.83. The minimum Gasteiger partial charge on any atom is -0.466 e. The van der Waals surface area contributed by atoms with Gasteiger partial charge < -0.3 is 25.2 Å². The van der Waals surface area contributed by atoms with Crippen LogP contribution in [-0.4, -0.2) is 60.3 Å². The van der Waals surface area contributed by atoms with E-state index in [-0.39, 0.29) is 26.1 Å². The maximum Gasteiger partial charge on any atom is 0.328 e. The molecule has 0 saturated heterocycles. The molecule has 1 rings (SSSR count). The van der Waals surface area contributed by atoms with Crippen molar-refractivity contribution >= 4 is 23.8 Å². The molecule has 0 aliphatic rings. The highest BCUT2D eigenvalue weighted by molar-refractivity contribution is 5.94. The van der Waals surface area contributed by atoms with Gasteiger partial charge in [0.15, 0.2) is 1.41 Å². The Balaban J connectivity index is 3.09. The Morgan fingerprint density at radius 3 is 2.21 bits per heavy atom. The van der Waals surface area contributed by atoms with E-state index in [2.05, 4.69) is 5.32 Å². The van der Waals surface area contributed by atoms with Crippen molar-refractivity contribution in [3.05, 3.63) is 35.6 Å². The predicted octanol–water partition coefficient (Wildman–Crippen LogP) is 1.36. The molecule has 0 spiro atoms. The summed E-state index contributed by atoms with van der Waals surface area (Å²) in [7, 11) is 0. The lowest BCUT2D eigenvalue weighted by Crippen LogP contribution is -2.58. The molecule has 2 amide bonds. The number of rotatable bonds is 12. The van der Waals surface area contributed by atoms with Crippen LogP contribution in [0.5, 0.6) is 0 Å². The summed E-state index contributed by atoms with van der Waals surface area (Å²) in [6, 6.07) is 2.20. The smallest absolute Gasteiger partial charge is 0.328 e. The van der Waals surface area contributed by atoms with Crippen molar-refractivity contribution in [2.75, 3.05) is 13.2 Å². The Morgan fingerprint density at radius 2 is 1.70 bits per heavy atom. The zero-order valence-electron chi connectivity index (χ0n) is 20.6. The Hall–Kier alpha value is -3.01. The first-order chi connectivity index (χ1) is 15.9. The number of carbonyl (C=O) groups is 4. The van der Waals surface area contributed by atoms with Gasteiger partial charge in [-0.3, -0.25) is 14.4 Å². The highest BCUT2D eigenvalue weighted by atomic mass is 19.1. The van der Waals surface area contributed by atoms with Gasteiger partial charge in [-0.25, -0.2) is 9.18 Å². The van der Waals surface area contributed by atoms with E-state index in [1.54, 1.807) is 13.8 Å². The van der Waals surface area contributed by atoms with Gasteiger partial charge in [-0.05, 0) is 58.7 Å². The van der Waals surface area contributed by atoms with Crippen molar-refractivity contribution in [2.45, 2.75) is 71.1 Å². The Bertz CT molecular complexity index is 861. The van der Waals surface area contributed by atoms with Crippen LogP contribution >= 0.6 is 0 Å². The highest BCUT2D eigenvalue weighted by Gasteiger charge is 2.36. The molecule has 0 saturated carbocycles. The van der Waals surface area contributed by atoms with Crippen molar-refractivity contribution in [3.63, 3.8) is 0 Å². The molecule has 0 radical (unpaired) electrons. The van der Waals surface area contributed by atoms with Gasteiger partial charge in [0.1, 0.15) is 17.9 Å². The van der Waals surface area contributed by atoms with E-state index in [1.165, 1.54) is 45.0 Å². The van der Waals surface area contributed by atoms with Gasteiger partial charge in [-0.1, -0.05) is 12.1 Å². The molecule has 0 heterocycles. The summed E-state index contributed by atoms with van der Waals surface area (Å²) in [6.07, 6.45) is -1.79. The first kappa shape index (κ1) is 26.2. The number of halogens is 1. The van der Waals surface area contributed by atoms with Gasteiger partial charge in [-0.15, -0.1) is 0 Å². The molecule has 0 aliphatic carbocycles. The molecule has 9 nitrogen and oxygen atoms in total.